The zero-order valence-corrected chi connectivity index (χ0v) is 18.3. The second kappa shape index (κ2) is 7.99. The number of anilines is 1. The van der Waals surface area contributed by atoms with E-state index in [4.69, 9.17) is 4.98 Å². The summed E-state index contributed by atoms with van der Waals surface area (Å²) in [6.07, 6.45) is 7.15. The van der Waals surface area contributed by atoms with Gasteiger partial charge in [0.15, 0.2) is 0 Å². The quantitative estimate of drug-likeness (QED) is 0.610. The van der Waals surface area contributed by atoms with E-state index in [-0.39, 0.29) is 0 Å². The number of rotatable bonds is 3. The summed E-state index contributed by atoms with van der Waals surface area (Å²) in [5, 5.41) is 0. The Morgan fingerprint density at radius 1 is 0.933 bits per heavy atom. The van der Waals surface area contributed by atoms with Crippen LogP contribution in [0.25, 0.3) is 11.0 Å². The summed E-state index contributed by atoms with van der Waals surface area (Å²) in [6.45, 7) is 10.2. The van der Waals surface area contributed by atoms with E-state index >= 15 is 0 Å². The Hall–Kier alpha value is -2.46. The van der Waals surface area contributed by atoms with Crippen LogP contribution in [0.5, 0.6) is 0 Å². The van der Waals surface area contributed by atoms with E-state index in [9.17, 15) is 0 Å². The number of aromatic nitrogens is 2. The second-order valence-corrected chi connectivity index (χ2v) is 9.45. The molecule has 2 fully saturated rings. The predicted molar refractivity (Wildman–Crippen MR) is 124 cm³/mol. The molecule has 1 aromatic heterocycles. The highest BCUT2D eigenvalue weighted by molar-refractivity contribution is 5.75. The Kier molecular flexibility index (Phi) is 5.20. The second-order valence-electron chi connectivity index (χ2n) is 9.45. The SMILES string of the molecule is Cc1ccc(C)c(CN2CCCC3(CCN(c4cnc5ccccc5n4)CC3)C2)c1. The first-order chi connectivity index (χ1) is 14.6. The number of fused-ring (bicyclic) bond motifs is 1. The fourth-order valence-corrected chi connectivity index (χ4v) is 5.37. The molecule has 0 aliphatic carbocycles. The average Bonchev–Trinajstić information content (AvgIpc) is 2.77. The molecule has 0 unspecified atom stereocenters. The van der Waals surface area contributed by atoms with Gasteiger partial charge in [0.1, 0.15) is 5.82 Å². The zero-order valence-electron chi connectivity index (χ0n) is 18.3. The molecule has 5 rings (SSSR count). The first kappa shape index (κ1) is 19.5. The van der Waals surface area contributed by atoms with Gasteiger partial charge in [0.05, 0.1) is 17.2 Å². The molecule has 2 aliphatic rings. The standard InChI is InChI=1S/C26H32N4/c1-20-8-9-21(2)22(16-20)18-29-13-5-10-26(19-29)11-14-30(15-12-26)25-17-27-23-6-3-4-7-24(23)28-25/h3-4,6-9,16-17H,5,10-15,18-19H2,1-2H3. The minimum atomic E-state index is 0.469. The largest absolute Gasteiger partial charge is 0.355 e. The molecule has 2 aliphatic heterocycles. The Morgan fingerprint density at radius 2 is 1.73 bits per heavy atom. The van der Waals surface area contributed by atoms with Gasteiger partial charge in [-0.1, -0.05) is 35.9 Å². The van der Waals surface area contributed by atoms with Crippen LogP contribution >= 0.6 is 0 Å². The third kappa shape index (κ3) is 3.93. The lowest BCUT2D eigenvalue weighted by Crippen LogP contribution is -2.49. The summed E-state index contributed by atoms with van der Waals surface area (Å²) in [5.41, 5.74) is 6.72. The van der Waals surface area contributed by atoms with E-state index < -0.39 is 0 Å². The Balaban J connectivity index is 1.25. The maximum absolute atomic E-state index is 4.87. The van der Waals surface area contributed by atoms with Crippen molar-refractivity contribution in [2.45, 2.75) is 46.1 Å². The van der Waals surface area contributed by atoms with E-state index in [0.29, 0.717) is 5.41 Å². The number of benzene rings is 2. The van der Waals surface area contributed by atoms with Crippen LogP contribution in [0, 0.1) is 19.3 Å². The van der Waals surface area contributed by atoms with Gasteiger partial charge in [0, 0.05) is 26.2 Å². The first-order valence-electron chi connectivity index (χ1n) is 11.4. The molecule has 0 radical (unpaired) electrons. The molecule has 0 N–H and O–H groups in total. The number of piperidine rings is 2. The molecule has 3 heterocycles. The maximum atomic E-state index is 4.87. The van der Waals surface area contributed by atoms with Crippen molar-refractivity contribution >= 4 is 16.9 Å². The summed E-state index contributed by atoms with van der Waals surface area (Å²) in [7, 11) is 0. The van der Waals surface area contributed by atoms with Crippen molar-refractivity contribution in [1.82, 2.24) is 14.9 Å². The summed E-state index contributed by atoms with van der Waals surface area (Å²) in [5.74, 6) is 1.03. The van der Waals surface area contributed by atoms with Gasteiger partial charge in [-0.15, -0.1) is 0 Å². The molecule has 2 aromatic carbocycles. The van der Waals surface area contributed by atoms with Gasteiger partial charge in [0.25, 0.3) is 0 Å². The number of hydrogen-bond acceptors (Lipinski definition) is 4. The van der Waals surface area contributed by atoms with Crippen molar-refractivity contribution in [3.8, 4) is 0 Å². The predicted octanol–water partition coefficient (Wildman–Crippen LogP) is 5.13. The molecule has 4 heteroatoms. The van der Waals surface area contributed by atoms with E-state index in [0.717, 1.165) is 36.5 Å². The van der Waals surface area contributed by atoms with Crippen molar-refractivity contribution in [3.05, 3.63) is 65.4 Å². The fraction of sp³-hybridized carbons (Fsp3) is 0.462. The number of nitrogens with zero attached hydrogens (tertiary/aromatic N) is 4. The average molecular weight is 401 g/mol. The minimum absolute atomic E-state index is 0.469. The van der Waals surface area contributed by atoms with Crippen LogP contribution in [0.3, 0.4) is 0 Å². The van der Waals surface area contributed by atoms with Crippen molar-refractivity contribution in [3.63, 3.8) is 0 Å². The smallest absolute Gasteiger partial charge is 0.147 e. The van der Waals surface area contributed by atoms with E-state index in [1.54, 1.807) is 0 Å². The molecule has 30 heavy (non-hydrogen) atoms. The van der Waals surface area contributed by atoms with Crippen LogP contribution in [-0.2, 0) is 6.54 Å². The minimum Gasteiger partial charge on any atom is -0.355 e. The van der Waals surface area contributed by atoms with Crippen LogP contribution in [0.2, 0.25) is 0 Å². The highest BCUT2D eigenvalue weighted by Gasteiger charge is 2.38. The molecule has 0 atom stereocenters. The Labute approximate surface area is 179 Å². The maximum Gasteiger partial charge on any atom is 0.147 e. The van der Waals surface area contributed by atoms with Gasteiger partial charge >= 0.3 is 0 Å². The van der Waals surface area contributed by atoms with Crippen molar-refractivity contribution in [2.24, 2.45) is 5.41 Å². The monoisotopic (exact) mass is 400 g/mol. The van der Waals surface area contributed by atoms with E-state index in [2.05, 4.69) is 52.9 Å². The van der Waals surface area contributed by atoms with Crippen LogP contribution in [0.1, 0.15) is 42.4 Å². The van der Waals surface area contributed by atoms with Crippen LogP contribution in [0.15, 0.2) is 48.7 Å². The molecule has 0 bridgehead atoms. The molecule has 156 valence electrons. The third-order valence-corrected chi connectivity index (χ3v) is 7.22. The van der Waals surface area contributed by atoms with Crippen LogP contribution in [0.4, 0.5) is 5.82 Å². The summed E-state index contributed by atoms with van der Waals surface area (Å²) in [6, 6.07) is 15.0. The van der Waals surface area contributed by atoms with Crippen molar-refractivity contribution in [2.75, 3.05) is 31.1 Å². The molecule has 0 amide bonds. The molecular formula is C26H32N4. The van der Waals surface area contributed by atoms with Crippen molar-refractivity contribution < 1.29 is 0 Å². The third-order valence-electron chi connectivity index (χ3n) is 7.22. The normalized spacial score (nSPS) is 19.5. The Morgan fingerprint density at radius 3 is 2.57 bits per heavy atom. The lowest BCUT2D eigenvalue weighted by Gasteiger charge is -2.48. The van der Waals surface area contributed by atoms with Gasteiger partial charge < -0.3 is 4.90 Å². The van der Waals surface area contributed by atoms with Gasteiger partial charge in [-0.25, -0.2) is 4.98 Å². The number of hydrogen-bond donors (Lipinski definition) is 0. The molecule has 4 nitrogen and oxygen atoms in total. The molecule has 1 spiro atoms. The molecule has 3 aromatic rings. The lowest BCUT2D eigenvalue weighted by atomic mass is 9.72. The van der Waals surface area contributed by atoms with E-state index in [1.807, 2.05) is 24.4 Å². The van der Waals surface area contributed by atoms with Gasteiger partial charge in [-0.05, 0) is 74.8 Å². The van der Waals surface area contributed by atoms with Gasteiger partial charge in [-0.3, -0.25) is 9.88 Å². The zero-order chi connectivity index (χ0) is 20.6. The number of para-hydroxylation sites is 2. The van der Waals surface area contributed by atoms with Gasteiger partial charge in [0.2, 0.25) is 0 Å². The number of likely N-dealkylation sites (tertiary alicyclic amines) is 1. The summed E-state index contributed by atoms with van der Waals surface area (Å²) < 4.78 is 0. The van der Waals surface area contributed by atoms with Crippen LogP contribution < -0.4 is 4.90 Å². The molecule has 2 saturated heterocycles. The fourth-order valence-electron chi connectivity index (χ4n) is 5.37. The first-order valence-corrected chi connectivity index (χ1v) is 11.4. The lowest BCUT2D eigenvalue weighted by molar-refractivity contribution is 0.0603. The van der Waals surface area contributed by atoms with Crippen molar-refractivity contribution in [1.29, 1.82) is 0 Å². The number of aryl methyl sites for hydroxylation is 2. The topological polar surface area (TPSA) is 32.3 Å². The van der Waals surface area contributed by atoms with E-state index in [1.165, 1.54) is 55.5 Å². The highest BCUT2D eigenvalue weighted by atomic mass is 15.2. The summed E-state index contributed by atoms with van der Waals surface area (Å²) in [4.78, 5) is 14.6. The van der Waals surface area contributed by atoms with Gasteiger partial charge in [-0.2, -0.15) is 0 Å². The molecule has 0 saturated carbocycles. The summed E-state index contributed by atoms with van der Waals surface area (Å²) >= 11 is 0. The highest BCUT2D eigenvalue weighted by Crippen LogP contribution is 2.41. The Bertz CT molecular complexity index is 1040. The van der Waals surface area contributed by atoms with Crippen LogP contribution in [-0.4, -0.2) is 41.0 Å². The molecular weight excluding hydrogens is 368 g/mol.